The third-order valence-electron chi connectivity index (χ3n) is 3.49. The van der Waals surface area contributed by atoms with Crippen molar-refractivity contribution in [2.75, 3.05) is 17.7 Å². The molecule has 0 bridgehead atoms. The minimum absolute atomic E-state index is 0.0650. The second-order valence-electron chi connectivity index (χ2n) is 5.25. The zero-order valence-electron chi connectivity index (χ0n) is 14.6. The number of nitrogens with one attached hydrogen (secondary N) is 1. The SMILES string of the molecule is CCOc1ccc(-c2nnc(NC(=O)c3ccccc3SCC)o2)cc1. The van der Waals surface area contributed by atoms with Crippen LogP contribution in [0.4, 0.5) is 6.01 Å². The highest BCUT2D eigenvalue weighted by molar-refractivity contribution is 7.99. The summed E-state index contributed by atoms with van der Waals surface area (Å²) in [5, 5.41) is 10.6. The van der Waals surface area contributed by atoms with E-state index in [-0.39, 0.29) is 11.9 Å². The fourth-order valence-electron chi connectivity index (χ4n) is 2.35. The number of amides is 1. The van der Waals surface area contributed by atoms with Gasteiger partial charge in [0, 0.05) is 10.5 Å². The van der Waals surface area contributed by atoms with Crippen molar-refractivity contribution in [1.29, 1.82) is 0 Å². The first-order valence-corrected chi connectivity index (χ1v) is 9.29. The number of rotatable bonds is 7. The number of benzene rings is 2. The number of aromatic nitrogens is 2. The monoisotopic (exact) mass is 369 g/mol. The summed E-state index contributed by atoms with van der Waals surface area (Å²) < 4.78 is 11.0. The molecule has 0 unspecified atom stereocenters. The molecule has 134 valence electrons. The molecule has 1 aromatic heterocycles. The summed E-state index contributed by atoms with van der Waals surface area (Å²) in [6.45, 7) is 4.58. The number of anilines is 1. The van der Waals surface area contributed by atoms with Gasteiger partial charge in [0.05, 0.1) is 12.2 Å². The van der Waals surface area contributed by atoms with Crippen LogP contribution >= 0.6 is 11.8 Å². The number of hydrogen-bond acceptors (Lipinski definition) is 6. The number of carbonyl (C=O) groups is 1. The summed E-state index contributed by atoms with van der Waals surface area (Å²) in [5.41, 5.74) is 1.34. The molecule has 7 heteroatoms. The topological polar surface area (TPSA) is 77.3 Å². The quantitative estimate of drug-likeness (QED) is 0.618. The van der Waals surface area contributed by atoms with E-state index in [1.54, 1.807) is 17.8 Å². The largest absolute Gasteiger partial charge is 0.494 e. The van der Waals surface area contributed by atoms with Gasteiger partial charge in [-0.2, -0.15) is 0 Å². The first-order chi connectivity index (χ1) is 12.7. The Kier molecular flexibility index (Phi) is 5.91. The van der Waals surface area contributed by atoms with E-state index in [1.165, 1.54) is 0 Å². The van der Waals surface area contributed by atoms with Crippen LogP contribution in [0, 0.1) is 0 Å². The molecule has 0 aliphatic heterocycles. The second-order valence-corrected chi connectivity index (χ2v) is 6.56. The van der Waals surface area contributed by atoms with Crippen LogP contribution in [0.3, 0.4) is 0 Å². The van der Waals surface area contributed by atoms with Gasteiger partial charge in [0.15, 0.2) is 0 Å². The van der Waals surface area contributed by atoms with E-state index >= 15 is 0 Å². The second kappa shape index (κ2) is 8.53. The van der Waals surface area contributed by atoms with Crippen LogP contribution in [0.25, 0.3) is 11.5 Å². The first kappa shape index (κ1) is 18.0. The lowest BCUT2D eigenvalue weighted by Gasteiger charge is -2.06. The Bertz CT molecular complexity index is 878. The molecule has 0 saturated carbocycles. The molecular weight excluding hydrogens is 350 g/mol. The minimum Gasteiger partial charge on any atom is -0.494 e. The molecule has 0 fully saturated rings. The van der Waals surface area contributed by atoms with Crippen LogP contribution in [0.2, 0.25) is 0 Å². The predicted molar refractivity (Wildman–Crippen MR) is 102 cm³/mol. The fraction of sp³-hybridized carbons (Fsp3) is 0.211. The van der Waals surface area contributed by atoms with Crippen LogP contribution in [0.5, 0.6) is 5.75 Å². The van der Waals surface area contributed by atoms with Crippen molar-refractivity contribution in [3.05, 3.63) is 54.1 Å². The van der Waals surface area contributed by atoms with Gasteiger partial charge in [0.1, 0.15) is 5.75 Å². The Morgan fingerprint density at radius 2 is 1.88 bits per heavy atom. The zero-order chi connectivity index (χ0) is 18.4. The molecule has 1 N–H and O–H groups in total. The van der Waals surface area contributed by atoms with Gasteiger partial charge in [-0.15, -0.1) is 16.9 Å². The maximum absolute atomic E-state index is 12.5. The Hall–Kier alpha value is -2.80. The molecule has 0 radical (unpaired) electrons. The fourth-order valence-corrected chi connectivity index (χ4v) is 3.15. The van der Waals surface area contributed by atoms with Crippen LogP contribution in [-0.2, 0) is 0 Å². The maximum atomic E-state index is 12.5. The van der Waals surface area contributed by atoms with Gasteiger partial charge < -0.3 is 9.15 Å². The van der Waals surface area contributed by atoms with Gasteiger partial charge in [-0.05, 0) is 49.1 Å². The zero-order valence-corrected chi connectivity index (χ0v) is 15.4. The van der Waals surface area contributed by atoms with E-state index in [4.69, 9.17) is 9.15 Å². The normalized spacial score (nSPS) is 10.5. The van der Waals surface area contributed by atoms with Crippen molar-refractivity contribution >= 4 is 23.7 Å². The lowest BCUT2D eigenvalue weighted by Crippen LogP contribution is -2.13. The van der Waals surface area contributed by atoms with E-state index in [1.807, 2.05) is 56.3 Å². The molecule has 3 aromatic rings. The van der Waals surface area contributed by atoms with Crippen LogP contribution in [0.1, 0.15) is 24.2 Å². The summed E-state index contributed by atoms with van der Waals surface area (Å²) in [7, 11) is 0. The molecule has 0 spiro atoms. The van der Waals surface area contributed by atoms with E-state index in [0.29, 0.717) is 18.1 Å². The van der Waals surface area contributed by atoms with Crippen molar-refractivity contribution in [2.24, 2.45) is 0 Å². The Labute approximate surface area is 156 Å². The van der Waals surface area contributed by atoms with E-state index in [0.717, 1.165) is 22.0 Å². The summed E-state index contributed by atoms with van der Waals surface area (Å²) in [4.78, 5) is 13.4. The molecule has 3 rings (SSSR count). The third kappa shape index (κ3) is 4.23. The standard InChI is InChI=1S/C19H19N3O3S/c1-3-24-14-11-9-13(10-12-14)18-21-22-19(25-18)20-17(23)15-7-5-6-8-16(15)26-4-2/h5-12H,3-4H2,1-2H3,(H,20,22,23). The number of thioether (sulfide) groups is 1. The molecule has 1 heterocycles. The molecule has 6 nitrogen and oxygen atoms in total. The molecule has 0 saturated heterocycles. The first-order valence-electron chi connectivity index (χ1n) is 8.31. The highest BCUT2D eigenvalue weighted by atomic mass is 32.2. The van der Waals surface area contributed by atoms with Crippen molar-refractivity contribution in [3.63, 3.8) is 0 Å². The van der Waals surface area contributed by atoms with Crippen molar-refractivity contribution < 1.29 is 13.9 Å². The van der Waals surface area contributed by atoms with Gasteiger partial charge in [0.25, 0.3) is 5.91 Å². The van der Waals surface area contributed by atoms with Crippen LogP contribution in [0.15, 0.2) is 57.8 Å². The molecular formula is C19H19N3O3S. The number of ether oxygens (including phenoxy) is 1. The maximum Gasteiger partial charge on any atom is 0.322 e. The van der Waals surface area contributed by atoms with Crippen molar-refractivity contribution in [3.8, 4) is 17.2 Å². The van der Waals surface area contributed by atoms with Gasteiger partial charge >= 0.3 is 6.01 Å². The number of nitrogens with zero attached hydrogens (tertiary/aromatic N) is 2. The molecule has 2 aromatic carbocycles. The smallest absolute Gasteiger partial charge is 0.322 e. The average Bonchev–Trinajstić information content (AvgIpc) is 3.12. The van der Waals surface area contributed by atoms with E-state index in [9.17, 15) is 4.79 Å². The molecule has 26 heavy (non-hydrogen) atoms. The lowest BCUT2D eigenvalue weighted by atomic mass is 10.2. The summed E-state index contributed by atoms with van der Waals surface area (Å²) in [6.07, 6.45) is 0. The van der Waals surface area contributed by atoms with E-state index < -0.39 is 0 Å². The molecule has 1 amide bonds. The number of carbonyl (C=O) groups excluding carboxylic acids is 1. The summed E-state index contributed by atoms with van der Waals surface area (Å²) >= 11 is 1.61. The van der Waals surface area contributed by atoms with Crippen molar-refractivity contribution in [1.82, 2.24) is 10.2 Å². The van der Waals surface area contributed by atoms with Gasteiger partial charge in [-0.3, -0.25) is 10.1 Å². The Morgan fingerprint density at radius 3 is 2.62 bits per heavy atom. The highest BCUT2D eigenvalue weighted by Gasteiger charge is 2.15. The van der Waals surface area contributed by atoms with Gasteiger partial charge in [0.2, 0.25) is 5.89 Å². The third-order valence-corrected chi connectivity index (χ3v) is 4.44. The molecule has 0 atom stereocenters. The molecule has 0 aliphatic carbocycles. The molecule has 0 aliphatic rings. The number of hydrogen-bond donors (Lipinski definition) is 1. The lowest BCUT2D eigenvalue weighted by molar-refractivity contribution is 0.102. The van der Waals surface area contributed by atoms with E-state index in [2.05, 4.69) is 15.5 Å². The van der Waals surface area contributed by atoms with Crippen LogP contribution < -0.4 is 10.1 Å². The summed E-state index contributed by atoms with van der Waals surface area (Å²) in [5.74, 6) is 1.71. The Morgan fingerprint density at radius 1 is 1.12 bits per heavy atom. The average molecular weight is 369 g/mol. The van der Waals surface area contributed by atoms with Crippen molar-refractivity contribution in [2.45, 2.75) is 18.7 Å². The summed E-state index contributed by atoms with van der Waals surface area (Å²) in [6, 6.07) is 14.8. The Balaban J connectivity index is 1.73. The van der Waals surface area contributed by atoms with Gasteiger partial charge in [-0.25, -0.2) is 0 Å². The predicted octanol–water partition coefficient (Wildman–Crippen LogP) is 4.50. The van der Waals surface area contributed by atoms with Crippen LogP contribution in [-0.4, -0.2) is 28.5 Å². The highest BCUT2D eigenvalue weighted by Crippen LogP contribution is 2.25. The van der Waals surface area contributed by atoms with Gasteiger partial charge in [-0.1, -0.05) is 24.2 Å². The minimum atomic E-state index is -0.275.